The van der Waals surface area contributed by atoms with Crippen molar-refractivity contribution in [3.8, 4) is 0 Å². The Bertz CT molecular complexity index is 328. The van der Waals surface area contributed by atoms with E-state index >= 15 is 0 Å². The molecule has 1 aromatic heterocycles. The molecule has 0 aliphatic heterocycles. The van der Waals surface area contributed by atoms with Crippen LogP contribution in [0.2, 0.25) is 0 Å². The van der Waals surface area contributed by atoms with Gasteiger partial charge < -0.3 is 15.5 Å². The SMILES string of the molecule is O=[N+]([O-])c1ccc(CNCC(O)CO)s1. The summed E-state index contributed by atoms with van der Waals surface area (Å²) in [4.78, 5) is 10.8. The van der Waals surface area contributed by atoms with Gasteiger partial charge in [-0.15, -0.1) is 0 Å². The average Bonchev–Trinajstić information content (AvgIpc) is 2.66. The minimum atomic E-state index is -0.792. The van der Waals surface area contributed by atoms with E-state index < -0.39 is 11.0 Å². The third-order valence-electron chi connectivity index (χ3n) is 1.72. The van der Waals surface area contributed by atoms with Gasteiger partial charge in [0.15, 0.2) is 0 Å². The van der Waals surface area contributed by atoms with Gasteiger partial charge in [-0.25, -0.2) is 0 Å². The summed E-state index contributed by atoms with van der Waals surface area (Å²) in [7, 11) is 0. The summed E-state index contributed by atoms with van der Waals surface area (Å²) in [5, 5.41) is 30.9. The highest BCUT2D eigenvalue weighted by molar-refractivity contribution is 7.15. The van der Waals surface area contributed by atoms with Crippen molar-refractivity contribution >= 4 is 16.3 Å². The van der Waals surface area contributed by atoms with E-state index in [1.807, 2.05) is 0 Å². The number of thiophene rings is 1. The van der Waals surface area contributed by atoms with E-state index in [0.29, 0.717) is 6.54 Å². The number of hydrogen-bond acceptors (Lipinski definition) is 6. The van der Waals surface area contributed by atoms with E-state index in [1.54, 1.807) is 6.07 Å². The first kappa shape index (κ1) is 12.1. The Balaban J connectivity index is 2.35. The van der Waals surface area contributed by atoms with Crippen molar-refractivity contribution in [3.05, 3.63) is 27.1 Å². The van der Waals surface area contributed by atoms with Gasteiger partial charge in [-0.3, -0.25) is 10.1 Å². The van der Waals surface area contributed by atoms with Gasteiger partial charge in [0.2, 0.25) is 0 Å². The predicted octanol–water partition coefficient (Wildman–Crippen LogP) is 0.0991. The van der Waals surface area contributed by atoms with Gasteiger partial charge in [0.1, 0.15) is 0 Å². The summed E-state index contributed by atoms with van der Waals surface area (Å²) in [6.07, 6.45) is -0.792. The maximum atomic E-state index is 10.4. The fraction of sp³-hybridized carbons (Fsp3) is 0.500. The third kappa shape index (κ3) is 3.92. The largest absolute Gasteiger partial charge is 0.394 e. The molecule has 0 aliphatic rings. The molecule has 1 unspecified atom stereocenters. The zero-order valence-corrected chi connectivity index (χ0v) is 8.74. The Hall–Kier alpha value is -1.02. The molecule has 1 atom stereocenters. The molecule has 1 heterocycles. The van der Waals surface area contributed by atoms with Crippen LogP contribution in [-0.4, -0.2) is 34.4 Å². The Morgan fingerprint density at radius 1 is 1.60 bits per heavy atom. The third-order valence-corrected chi connectivity index (χ3v) is 2.75. The van der Waals surface area contributed by atoms with Crippen LogP contribution < -0.4 is 5.32 Å². The normalized spacial score (nSPS) is 12.7. The highest BCUT2D eigenvalue weighted by Crippen LogP contribution is 2.23. The summed E-state index contributed by atoms with van der Waals surface area (Å²) < 4.78 is 0. The van der Waals surface area contributed by atoms with Crippen LogP contribution in [0.5, 0.6) is 0 Å². The molecule has 7 heteroatoms. The molecule has 0 saturated carbocycles. The molecule has 15 heavy (non-hydrogen) atoms. The molecule has 0 radical (unpaired) electrons. The predicted molar refractivity (Wildman–Crippen MR) is 55.8 cm³/mol. The monoisotopic (exact) mass is 232 g/mol. The van der Waals surface area contributed by atoms with E-state index in [2.05, 4.69) is 5.32 Å². The van der Waals surface area contributed by atoms with Crippen molar-refractivity contribution < 1.29 is 15.1 Å². The molecule has 0 bridgehead atoms. The van der Waals surface area contributed by atoms with Gasteiger partial charge in [0.05, 0.1) is 17.6 Å². The topological polar surface area (TPSA) is 95.6 Å². The second kappa shape index (κ2) is 5.76. The van der Waals surface area contributed by atoms with Crippen LogP contribution in [0.1, 0.15) is 4.88 Å². The van der Waals surface area contributed by atoms with Gasteiger partial charge in [-0.2, -0.15) is 0 Å². The molecule has 84 valence electrons. The van der Waals surface area contributed by atoms with Crippen molar-refractivity contribution in [2.75, 3.05) is 13.2 Å². The van der Waals surface area contributed by atoms with Crippen molar-refractivity contribution in [2.24, 2.45) is 0 Å². The Morgan fingerprint density at radius 2 is 2.33 bits per heavy atom. The van der Waals surface area contributed by atoms with Gasteiger partial charge in [-0.1, -0.05) is 11.3 Å². The van der Waals surface area contributed by atoms with Gasteiger partial charge in [0, 0.05) is 24.0 Å². The van der Waals surface area contributed by atoms with Crippen LogP contribution in [-0.2, 0) is 6.54 Å². The average molecular weight is 232 g/mol. The number of rotatable bonds is 6. The molecular weight excluding hydrogens is 220 g/mol. The number of nitrogens with one attached hydrogen (secondary N) is 1. The highest BCUT2D eigenvalue weighted by Gasteiger charge is 2.09. The Labute approximate surface area is 90.3 Å². The first-order valence-electron chi connectivity index (χ1n) is 4.36. The lowest BCUT2D eigenvalue weighted by molar-refractivity contribution is -0.380. The molecule has 1 rings (SSSR count). The molecule has 0 aromatic carbocycles. The number of nitro groups is 1. The number of hydrogen-bond donors (Lipinski definition) is 3. The van der Waals surface area contributed by atoms with Crippen LogP contribution in [0.4, 0.5) is 5.00 Å². The van der Waals surface area contributed by atoms with Crippen molar-refractivity contribution in [3.63, 3.8) is 0 Å². The van der Waals surface area contributed by atoms with Crippen LogP contribution in [0, 0.1) is 10.1 Å². The fourth-order valence-corrected chi connectivity index (χ4v) is 1.78. The summed E-state index contributed by atoms with van der Waals surface area (Å²) in [5.41, 5.74) is 0. The minimum Gasteiger partial charge on any atom is -0.394 e. The molecule has 1 aromatic rings. The minimum absolute atomic E-state index is 0.106. The molecule has 3 N–H and O–H groups in total. The maximum Gasteiger partial charge on any atom is 0.324 e. The summed E-state index contributed by atoms with van der Waals surface area (Å²) >= 11 is 1.09. The Morgan fingerprint density at radius 3 is 2.87 bits per heavy atom. The van der Waals surface area contributed by atoms with Gasteiger partial charge in [0.25, 0.3) is 0 Å². The van der Waals surface area contributed by atoms with Gasteiger partial charge in [-0.05, 0) is 6.07 Å². The lowest BCUT2D eigenvalue weighted by atomic mass is 10.3. The molecule has 0 fully saturated rings. The molecule has 6 nitrogen and oxygen atoms in total. The summed E-state index contributed by atoms with van der Waals surface area (Å²) in [6.45, 7) is 0.426. The van der Waals surface area contributed by atoms with E-state index in [-0.39, 0.29) is 18.2 Å². The number of nitrogens with zero attached hydrogens (tertiary/aromatic N) is 1. The standard InChI is InChI=1S/C8H12N2O4S/c11-5-6(12)3-9-4-7-1-2-8(15-7)10(13)14/h1-2,6,9,11-12H,3-5H2. The quantitative estimate of drug-likeness (QED) is 0.477. The zero-order valence-electron chi connectivity index (χ0n) is 7.92. The smallest absolute Gasteiger partial charge is 0.324 e. The molecule has 0 spiro atoms. The Kier molecular flexibility index (Phi) is 4.63. The lowest BCUT2D eigenvalue weighted by Gasteiger charge is -2.06. The van der Waals surface area contributed by atoms with E-state index in [0.717, 1.165) is 16.2 Å². The number of aliphatic hydroxyl groups is 2. The zero-order chi connectivity index (χ0) is 11.3. The first-order valence-corrected chi connectivity index (χ1v) is 5.18. The van der Waals surface area contributed by atoms with Crippen LogP contribution in [0.25, 0.3) is 0 Å². The van der Waals surface area contributed by atoms with Crippen LogP contribution in [0.15, 0.2) is 12.1 Å². The van der Waals surface area contributed by atoms with Crippen LogP contribution in [0.3, 0.4) is 0 Å². The summed E-state index contributed by atoms with van der Waals surface area (Å²) in [5.74, 6) is 0. The van der Waals surface area contributed by atoms with Crippen molar-refractivity contribution in [1.29, 1.82) is 0 Å². The fourth-order valence-electron chi connectivity index (χ4n) is 0.986. The second-order valence-electron chi connectivity index (χ2n) is 2.96. The second-order valence-corrected chi connectivity index (χ2v) is 4.11. The molecular formula is C8H12N2O4S. The van der Waals surface area contributed by atoms with Crippen molar-refractivity contribution in [2.45, 2.75) is 12.6 Å². The highest BCUT2D eigenvalue weighted by atomic mass is 32.1. The molecule has 0 aliphatic carbocycles. The van der Waals surface area contributed by atoms with E-state index in [1.165, 1.54) is 6.07 Å². The molecule has 0 amide bonds. The van der Waals surface area contributed by atoms with Crippen molar-refractivity contribution in [1.82, 2.24) is 5.32 Å². The van der Waals surface area contributed by atoms with Gasteiger partial charge >= 0.3 is 5.00 Å². The lowest BCUT2D eigenvalue weighted by Crippen LogP contribution is -2.28. The number of aliphatic hydroxyl groups excluding tert-OH is 2. The van der Waals surface area contributed by atoms with E-state index in [4.69, 9.17) is 10.2 Å². The maximum absolute atomic E-state index is 10.4. The molecule has 0 saturated heterocycles. The van der Waals surface area contributed by atoms with Crippen LogP contribution >= 0.6 is 11.3 Å². The summed E-state index contributed by atoms with van der Waals surface area (Å²) in [6, 6.07) is 3.12. The first-order chi connectivity index (χ1) is 7.13. The van der Waals surface area contributed by atoms with E-state index in [9.17, 15) is 10.1 Å².